The lowest BCUT2D eigenvalue weighted by Crippen LogP contribution is -2.35. The number of likely N-dealkylation sites (tertiary alicyclic amines) is 1. The summed E-state index contributed by atoms with van der Waals surface area (Å²) < 4.78 is 10.6. The van der Waals surface area contributed by atoms with Crippen LogP contribution in [0.1, 0.15) is 12.2 Å². The van der Waals surface area contributed by atoms with Crippen molar-refractivity contribution >= 4 is 17.7 Å². The highest BCUT2D eigenvalue weighted by Gasteiger charge is 2.48. The molecule has 0 radical (unpaired) electrons. The molecule has 2 N–H and O–H groups in total. The molecule has 11 heteroatoms. The summed E-state index contributed by atoms with van der Waals surface area (Å²) in [6, 6.07) is 12.2. The summed E-state index contributed by atoms with van der Waals surface area (Å²) in [5, 5.41) is 17.9. The Hall–Kier alpha value is -4.38. The molecule has 0 aromatic carbocycles. The Bertz CT molecular complexity index is 1360. The molecule has 0 saturated carbocycles. The summed E-state index contributed by atoms with van der Waals surface area (Å²) in [4.78, 5) is 31.5. The topological polar surface area (TPSA) is 139 Å². The third-order valence-corrected chi connectivity index (χ3v) is 5.58. The molecule has 1 aliphatic heterocycles. The minimum Gasteiger partial charge on any atom is -0.493 e. The molecule has 11 nitrogen and oxygen atoms in total. The van der Waals surface area contributed by atoms with Crippen molar-refractivity contribution in [1.29, 1.82) is 0 Å². The fraction of sp³-hybridized carbons (Fsp3) is 0.217. The summed E-state index contributed by atoms with van der Waals surface area (Å²) in [6.45, 7) is 0.438. The number of hydrogen-bond acceptors (Lipinski definition) is 10. The first-order chi connectivity index (χ1) is 16.5. The van der Waals surface area contributed by atoms with Crippen molar-refractivity contribution in [3.8, 4) is 28.5 Å². The van der Waals surface area contributed by atoms with E-state index in [2.05, 4.69) is 30.4 Å². The highest BCUT2D eigenvalue weighted by atomic mass is 16.5. The van der Waals surface area contributed by atoms with Gasteiger partial charge in [0.1, 0.15) is 5.69 Å². The van der Waals surface area contributed by atoms with Crippen LogP contribution in [0, 0.1) is 0 Å². The minimum atomic E-state index is -1.71. The van der Waals surface area contributed by atoms with Crippen LogP contribution in [-0.2, 0) is 10.4 Å². The molecule has 4 aromatic heterocycles. The maximum atomic E-state index is 12.4. The minimum absolute atomic E-state index is 0.0990. The van der Waals surface area contributed by atoms with Gasteiger partial charge in [0.25, 0.3) is 5.91 Å². The lowest BCUT2D eigenvalue weighted by Gasteiger charge is -2.16. The van der Waals surface area contributed by atoms with Gasteiger partial charge in [-0.2, -0.15) is 0 Å². The summed E-state index contributed by atoms with van der Waals surface area (Å²) >= 11 is 0. The van der Waals surface area contributed by atoms with Gasteiger partial charge >= 0.3 is 0 Å². The van der Waals surface area contributed by atoms with E-state index in [0.29, 0.717) is 46.8 Å². The Morgan fingerprint density at radius 1 is 1.06 bits per heavy atom. The molecule has 172 valence electrons. The molecule has 0 aliphatic carbocycles. The van der Waals surface area contributed by atoms with Crippen LogP contribution < -0.4 is 10.1 Å². The van der Waals surface area contributed by atoms with Crippen molar-refractivity contribution in [2.45, 2.75) is 12.0 Å². The van der Waals surface area contributed by atoms with E-state index in [1.807, 2.05) is 6.07 Å². The summed E-state index contributed by atoms with van der Waals surface area (Å²) in [5.74, 6) is 1.07. The molecule has 5 heterocycles. The van der Waals surface area contributed by atoms with Gasteiger partial charge in [-0.3, -0.25) is 4.79 Å². The van der Waals surface area contributed by atoms with E-state index in [-0.39, 0.29) is 12.2 Å². The fourth-order valence-corrected chi connectivity index (χ4v) is 3.71. The maximum absolute atomic E-state index is 12.4. The number of methoxy groups -OCH3 is 1. The Morgan fingerprint density at radius 3 is 2.62 bits per heavy atom. The van der Waals surface area contributed by atoms with Gasteiger partial charge in [-0.15, -0.1) is 0 Å². The van der Waals surface area contributed by atoms with Crippen molar-refractivity contribution in [3.05, 3.63) is 60.6 Å². The molecular weight excluding hydrogens is 438 g/mol. The van der Waals surface area contributed by atoms with E-state index in [4.69, 9.17) is 9.26 Å². The van der Waals surface area contributed by atoms with Gasteiger partial charge in [0.05, 0.1) is 24.2 Å². The zero-order chi connectivity index (χ0) is 23.7. The standard InChI is InChI=1S/C23H21N7O4/c1-30-12-9-23(32,21(30)31)19-13-17(29-34-19)15-6-3-5-14(26-15)16-8-11-25-22(27-16)28-20-18(33-2)7-4-10-24-20/h3-8,10-11,13,32H,9,12H2,1-2H3,(H,24,25,27,28). The number of nitrogens with zero attached hydrogens (tertiary/aromatic N) is 6. The number of pyridine rings is 2. The largest absolute Gasteiger partial charge is 0.493 e. The highest BCUT2D eigenvalue weighted by Crippen LogP contribution is 2.34. The molecule has 4 aromatic rings. The van der Waals surface area contributed by atoms with Gasteiger partial charge in [-0.1, -0.05) is 11.2 Å². The van der Waals surface area contributed by atoms with Crippen molar-refractivity contribution in [1.82, 2.24) is 30.0 Å². The number of hydrogen-bond donors (Lipinski definition) is 2. The zero-order valence-corrected chi connectivity index (χ0v) is 18.5. The monoisotopic (exact) mass is 459 g/mol. The van der Waals surface area contributed by atoms with Gasteiger partial charge < -0.3 is 24.6 Å². The van der Waals surface area contributed by atoms with Gasteiger partial charge in [-0.05, 0) is 30.3 Å². The second-order valence-electron chi connectivity index (χ2n) is 7.77. The van der Waals surface area contributed by atoms with Gasteiger partial charge in [-0.25, -0.2) is 19.9 Å². The van der Waals surface area contributed by atoms with Crippen LogP contribution in [0.15, 0.2) is 59.4 Å². The number of ether oxygens (including phenoxy) is 1. The molecular formula is C23H21N7O4. The first-order valence-corrected chi connectivity index (χ1v) is 10.5. The van der Waals surface area contributed by atoms with Gasteiger partial charge in [0.2, 0.25) is 11.5 Å². The third kappa shape index (κ3) is 3.82. The zero-order valence-electron chi connectivity index (χ0n) is 18.5. The average molecular weight is 459 g/mol. The molecule has 1 atom stereocenters. The summed E-state index contributed by atoms with van der Waals surface area (Å²) in [5.41, 5.74) is 0.352. The smallest absolute Gasteiger partial charge is 0.262 e. The number of aromatic nitrogens is 5. The number of nitrogens with one attached hydrogen (secondary N) is 1. The first-order valence-electron chi connectivity index (χ1n) is 10.5. The Morgan fingerprint density at radius 2 is 1.85 bits per heavy atom. The summed E-state index contributed by atoms with van der Waals surface area (Å²) in [7, 11) is 3.20. The fourth-order valence-electron chi connectivity index (χ4n) is 3.71. The normalized spacial score (nSPS) is 17.7. The SMILES string of the molecule is COc1cccnc1Nc1nccc(-c2cccc(-c3cc(C4(O)CCN(C)C4=O)on3)n2)n1. The molecule has 1 aliphatic rings. The van der Waals surface area contributed by atoms with Crippen LogP contribution in [-0.4, -0.2) is 61.7 Å². The van der Waals surface area contributed by atoms with E-state index in [9.17, 15) is 9.90 Å². The third-order valence-electron chi connectivity index (χ3n) is 5.58. The van der Waals surface area contributed by atoms with Crippen LogP contribution in [0.2, 0.25) is 0 Å². The van der Waals surface area contributed by atoms with Crippen molar-refractivity contribution in [2.24, 2.45) is 0 Å². The Balaban J connectivity index is 1.42. The average Bonchev–Trinajstić information content (AvgIpc) is 3.47. The lowest BCUT2D eigenvalue weighted by atomic mass is 9.98. The van der Waals surface area contributed by atoms with E-state index in [0.717, 1.165) is 0 Å². The van der Waals surface area contributed by atoms with E-state index < -0.39 is 11.5 Å². The van der Waals surface area contributed by atoms with Gasteiger partial charge in [0.15, 0.2) is 17.3 Å². The van der Waals surface area contributed by atoms with Crippen LogP contribution in [0.4, 0.5) is 11.8 Å². The maximum Gasteiger partial charge on any atom is 0.262 e. The van der Waals surface area contributed by atoms with E-state index in [1.54, 1.807) is 62.9 Å². The molecule has 0 bridgehead atoms. The molecule has 1 fully saturated rings. The van der Waals surface area contributed by atoms with Crippen molar-refractivity contribution < 1.29 is 19.2 Å². The van der Waals surface area contributed by atoms with Crippen LogP contribution in [0.3, 0.4) is 0 Å². The number of anilines is 2. The predicted octanol–water partition coefficient (Wildman–Crippen LogP) is 2.39. The number of carbonyl (C=O) groups excluding carboxylic acids is 1. The van der Waals surface area contributed by atoms with E-state index >= 15 is 0 Å². The molecule has 1 saturated heterocycles. The van der Waals surface area contributed by atoms with Crippen molar-refractivity contribution in [2.75, 3.05) is 26.0 Å². The second-order valence-corrected chi connectivity index (χ2v) is 7.77. The van der Waals surface area contributed by atoms with Gasteiger partial charge in [0, 0.05) is 38.5 Å². The number of likely N-dealkylation sites (N-methyl/N-ethyl adjacent to an activating group) is 1. The van der Waals surface area contributed by atoms with E-state index in [1.165, 1.54) is 4.90 Å². The molecule has 0 spiro atoms. The predicted molar refractivity (Wildman–Crippen MR) is 121 cm³/mol. The van der Waals surface area contributed by atoms with Crippen LogP contribution in [0.5, 0.6) is 5.75 Å². The molecule has 5 rings (SSSR count). The number of aliphatic hydroxyl groups is 1. The summed E-state index contributed by atoms with van der Waals surface area (Å²) in [6.07, 6.45) is 3.49. The lowest BCUT2D eigenvalue weighted by molar-refractivity contribution is -0.144. The Labute approximate surface area is 194 Å². The quantitative estimate of drug-likeness (QED) is 0.442. The van der Waals surface area contributed by atoms with Crippen molar-refractivity contribution in [3.63, 3.8) is 0 Å². The Kier molecular flexibility index (Phi) is 5.38. The molecule has 1 amide bonds. The second kappa shape index (κ2) is 8.52. The number of amides is 1. The highest BCUT2D eigenvalue weighted by molar-refractivity contribution is 5.87. The van der Waals surface area contributed by atoms with Crippen LogP contribution in [0.25, 0.3) is 22.8 Å². The van der Waals surface area contributed by atoms with Crippen LogP contribution >= 0.6 is 0 Å². The molecule has 1 unspecified atom stereocenters. The molecule has 34 heavy (non-hydrogen) atoms. The first kappa shape index (κ1) is 21.5. The number of carbonyl (C=O) groups is 1. The number of rotatable bonds is 6.